The van der Waals surface area contributed by atoms with E-state index in [0.29, 0.717) is 0 Å². The highest BCUT2D eigenvalue weighted by atomic mass is 32.2. The van der Waals surface area contributed by atoms with Gasteiger partial charge in [0.2, 0.25) is 0 Å². The Kier molecular flexibility index (Phi) is 4.19. The van der Waals surface area contributed by atoms with E-state index in [2.05, 4.69) is 17.8 Å². The first-order chi connectivity index (χ1) is 7.56. The zero-order valence-corrected chi connectivity index (χ0v) is 10.2. The lowest BCUT2D eigenvalue weighted by atomic mass is 9.78. The average Bonchev–Trinajstić information content (AvgIpc) is 2.27. The molecule has 0 saturated carbocycles. The summed E-state index contributed by atoms with van der Waals surface area (Å²) in [5.41, 5.74) is -0.523. The van der Waals surface area contributed by atoms with Gasteiger partial charge >= 0.3 is 0 Å². The smallest absolute Gasteiger partial charge is 0.147 e. The highest BCUT2D eigenvalue weighted by Crippen LogP contribution is 2.35. The third kappa shape index (κ3) is 2.14. The van der Waals surface area contributed by atoms with Crippen LogP contribution in [0.5, 0.6) is 0 Å². The van der Waals surface area contributed by atoms with Gasteiger partial charge in [-0.05, 0) is 6.92 Å². The lowest BCUT2D eigenvalue weighted by Crippen LogP contribution is -2.46. The largest absolute Gasteiger partial charge is 0.359 e. The molecule has 0 amide bonds. The Hall–Kier alpha value is -1.21. The van der Waals surface area contributed by atoms with Crippen molar-refractivity contribution in [2.24, 2.45) is 17.8 Å². The SMILES string of the molecule is C#CC1C(C)OC(S(C)=O)C(C#C)C1C#C. The van der Waals surface area contributed by atoms with Crippen molar-refractivity contribution < 1.29 is 8.95 Å². The average molecular weight is 234 g/mol. The van der Waals surface area contributed by atoms with Crippen molar-refractivity contribution in [1.82, 2.24) is 0 Å². The van der Waals surface area contributed by atoms with Crippen LogP contribution in [0.4, 0.5) is 0 Å². The standard InChI is InChI=1S/C13H14O2S/c1-6-10-9(4)15-13(16(5)14)12(8-3)11(10)7-2/h1-3,9-13H,4-5H3. The van der Waals surface area contributed by atoms with Crippen LogP contribution in [0.3, 0.4) is 0 Å². The first kappa shape index (κ1) is 12.9. The molecule has 0 bridgehead atoms. The molecule has 0 N–H and O–H groups in total. The van der Waals surface area contributed by atoms with Gasteiger partial charge in [0.1, 0.15) is 5.44 Å². The van der Waals surface area contributed by atoms with Gasteiger partial charge in [-0.3, -0.25) is 4.21 Å². The van der Waals surface area contributed by atoms with Crippen LogP contribution in [0.15, 0.2) is 0 Å². The molecule has 1 fully saturated rings. The van der Waals surface area contributed by atoms with E-state index in [1.807, 2.05) is 6.92 Å². The summed E-state index contributed by atoms with van der Waals surface area (Å²) < 4.78 is 17.1. The van der Waals surface area contributed by atoms with E-state index < -0.39 is 16.2 Å². The molecule has 0 radical (unpaired) electrons. The Morgan fingerprint density at radius 1 is 1.06 bits per heavy atom. The van der Waals surface area contributed by atoms with Gasteiger partial charge in [0.15, 0.2) is 0 Å². The molecule has 3 heteroatoms. The molecule has 1 aliphatic heterocycles. The molecule has 6 atom stereocenters. The second-order valence-corrected chi connectivity index (χ2v) is 5.25. The maximum absolute atomic E-state index is 11.5. The molecular formula is C13H14O2S. The van der Waals surface area contributed by atoms with Gasteiger partial charge in [-0.2, -0.15) is 0 Å². The monoisotopic (exact) mass is 234 g/mol. The number of rotatable bonds is 1. The maximum Gasteiger partial charge on any atom is 0.147 e. The third-order valence-corrected chi connectivity index (χ3v) is 3.88. The van der Waals surface area contributed by atoms with Gasteiger partial charge in [-0.25, -0.2) is 0 Å². The van der Waals surface area contributed by atoms with E-state index in [1.165, 1.54) is 0 Å². The molecule has 0 spiro atoms. The third-order valence-electron chi connectivity index (χ3n) is 2.83. The molecule has 1 rings (SSSR count). The van der Waals surface area contributed by atoms with Crippen LogP contribution >= 0.6 is 0 Å². The summed E-state index contributed by atoms with van der Waals surface area (Å²) in [6.45, 7) is 1.83. The highest BCUT2D eigenvalue weighted by molar-refractivity contribution is 7.84. The number of terminal acetylenes is 3. The van der Waals surface area contributed by atoms with Crippen LogP contribution < -0.4 is 0 Å². The lowest BCUT2D eigenvalue weighted by Gasteiger charge is -2.39. The van der Waals surface area contributed by atoms with Crippen molar-refractivity contribution in [3.05, 3.63) is 0 Å². The van der Waals surface area contributed by atoms with E-state index in [0.717, 1.165) is 0 Å². The summed E-state index contributed by atoms with van der Waals surface area (Å²) in [5.74, 6) is 6.93. The predicted molar refractivity (Wildman–Crippen MR) is 65.4 cm³/mol. The van der Waals surface area contributed by atoms with Crippen LogP contribution in [0.1, 0.15) is 6.92 Å². The van der Waals surface area contributed by atoms with Gasteiger partial charge in [0.25, 0.3) is 0 Å². The first-order valence-electron chi connectivity index (χ1n) is 4.92. The quantitative estimate of drug-likeness (QED) is 0.629. The van der Waals surface area contributed by atoms with Crippen LogP contribution in [0, 0.1) is 54.8 Å². The first-order valence-corrected chi connectivity index (χ1v) is 6.55. The van der Waals surface area contributed by atoms with Crippen molar-refractivity contribution in [2.45, 2.75) is 18.5 Å². The molecule has 0 aliphatic carbocycles. The van der Waals surface area contributed by atoms with Crippen molar-refractivity contribution in [2.75, 3.05) is 6.26 Å². The summed E-state index contributed by atoms with van der Waals surface area (Å²) in [6, 6.07) is 0. The molecule has 1 saturated heterocycles. The normalized spacial score (nSPS) is 40.1. The molecule has 1 aliphatic rings. The molecular weight excluding hydrogens is 220 g/mol. The fourth-order valence-electron chi connectivity index (χ4n) is 1.98. The summed E-state index contributed by atoms with van der Waals surface area (Å²) in [5, 5.41) is 0. The highest BCUT2D eigenvalue weighted by Gasteiger charge is 2.43. The maximum atomic E-state index is 11.5. The van der Waals surface area contributed by atoms with Crippen LogP contribution in [-0.2, 0) is 15.5 Å². The summed E-state index contributed by atoms with van der Waals surface area (Å²) in [4.78, 5) is 0. The van der Waals surface area contributed by atoms with E-state index in [1.54, 1.807) is 6.26 Å². The summed E-state index contributed by atoms with van der Waals surface area (Å²) in [6.07, 6.45) is 17.7. The Morgan fingerprint density at radius 3 is 1.94 bits per heavy atom. The minimum absolute atomic E-state index is 0.217. The van der Waals surface area contributed by atoms with Gasteiger partial charge in [-0.1, -0.05) is 11.8 Å². The number of hydrogen-bond acceptors (Lipinski definition) is 2. The Bertz CT molecular complexity index is 407. The van der Waals surface area contributed by atoms with Crippen LogP contribution in [0.2, 0.25) is 0 Å². The second kappa shape index (κ2) is 5.22. The number of ether oxygens (including phenoxy) is 1. The van der Waals surface area contributed by atoms with Crippen molar-refractivity contribution in [1.29, 1.82) is 0 Å². The van der Waals surface area contributed by atoms with Crippen molar-refractivity contribution >= 4 is 10.8 Å². The minimum Gasteiger partial charge on any atom is -0.359 e. The Morgan fingerprint density at radius 2 is 1.56 bits per heavy atom. The van der Waals surface area contributed by atoms with E-state index in [9.17, 15) is 4.21 Å². The van der Waals surface area contributed by atoms with Crippen molar-refractivity contribution in [3.63, 3.8) is 0 Å². The van der Waals surface area contributed by atoms with E-state index >= 15 is 0 Å². The second-order valence-electron chi connectivity index (χ2n) is 3.79. The molecule has 84 valence electrons. The summed E-state index contributed by atoms with van der Waals surface area (Å²) >= 11 is 0. The zero-order chi connectivity index (χ0) is 12.3. The Labute approximate surface area is 99.6 Å². The van der Waals surface area contributed by atoms with Gasteiger partial charge in [0.05, 0.1) is 23.9 Å². The number of hydrogen-bond donors (Lipinski definition) is 0. The zero-order valence-electron chi connectivity index (χ0n) is 9.34. The van der Waals surface area contributed by atoms with Crippen LogP contribution in [-0.4, -0.2) is 22.0 Å². The molecule has 6 unspecified atom stereocenters. The van der Waals surface area contributed by atoms with Crippen LogP contribution in [0.25, 0.3) is 0 Å². The molecule has 2 nitrogen and oxygen atoms in total. The molecule has 16 heavy (non-hydrogen) atoms. The Balaban J connectivity index is 3.10. The fourth-order valence-corrected chi connectivity index (χ4v) is 2.97. The van der Waals surface area contributed by atoms with Gasteiger partial charge < -0.3 is 4.74 Å². The topological polar surface area (TPSA) is 26.3 Å². The molecule has 0 aromatic heterocycles. The van der Waals surface area contributed by atoms with E-state index in [-0.39, 0.29) is 23.9 Å². The molecule has 0 aromatic carbocycles. The van der Waals surface area contributed by atoms with Gasteiger partial charge in [-0.15, -0.1) is 25.2 Å². The fraction of sp³-hybridized carbons (Fsp3) is 0.538. The predicted octanol–water partition coefficient (Wildman–Crippen LogP) is 0.858. The minimum atomic E-state index is -1.17. The molecule has 0 aromatic rings. The lowest BCUT2D eigenvalue weighted by molar-refractivity contribution is -0.0536. The van der Waals surface area contributed by atoms with E-state index in [4.69, 9.17) is 24.0 Å². The van der Waals surface area contributed by atoms with Crippen molar-refractivity contribution in [3.8, 4) is 37.0 Å². The van der Waals surface area contributed by atoms with Gasteiger partial charge in [0, 0.05) is 17.1 Å². The summed E-state index contributed by atoms with van der Waals surface area (Å²) in [7, 11) is -1.17. The molecule has 1 heterocycles.